The first-order valence-corrected chi connectivity index (χ1v) is 7.66. The Labute approximate surface area is 116 Å². The lowest BCUT2D eigenvalue weighted by Gasteiger charge is -2.20. The number of likely N-dealkylation sites (N-methyl/N-ethyl adjacent to an activating group) is 1. The molecule has 0 bridgehead atoms. The van der Waals surface area contributed by atoms with Gasteiger partial charge in [-0.25, -0.2) is 13.1 Å². The summed E-state index contributed by atoms with van der Waals surface area (Å²) in [5.74, 6) is 0. The fourth-order valence-electron chi connectivity index (χ4n) is 1.47. The van der Waals surface area contributed by atoms with Gasteiger partial charge in [-0.15, -0.1) is 0 Å². The number of rotatable bonds is 6. The van der Waals surface area contributed by atoms with E-state index in [1.807, 2.05) is 19.0 Å². The van der Waals surface area contributed by atoms with E-state index in [0.717, 1.165) is 4.47 Å². The van der Waals surface area contributed by atoms with Crippen molar-refractivity contribution in [2.75, 3.05) is 27.2 Å². The predicted octanol–water partition coefficient (Wildman–Crippen LogP) is 0.650. The summed E-state index contributed by atoms with van der Waals surface area (Å²) in [6.07, 6.45) is 0. The summed E-state index contributed by atoms with van der Waals surface area (Å²) in [6.45, 7) is 0.195. The summed E-state index contributed by atoms with van der Waals surface area (Å²) in [6, 6.07) is 5.82. The molecule has 7 heteroatoms. The van der Waals surface area contributed by atoms with Gasteiger partial charge < -0.3 is 10.0 Å². The quantitative estimate of drug-likeness (QED) is 0.800. The van der Waals surface area contributed by atoms with Gasteiger partial charge in [0.15, 0.2) is 0 Å². The number of nitrogens with zero attached hydrogens (tertiary/aromatic N) is 1. The van der Waals surface area contributed by atoms with Crippen LogP contribution in [-0.4, -0.2) is 51.7 Å². The lowest BCUT2D eigenvalue weighted by molar-refractivity contribution is 0.226. The highest BCUT2D eigenvalue weighted by atomic mass is 79.9. The summed E-state index contributed by atoms with van der Waals surface area (Å²) in [4.78, 5) is 1.99. The zero-order valence-corrected chi connectivity index (χ0v) is 12.7. The van der Waals surface area contributed by atoms with Crippen molar-refractivity contribution < 1.29 is 13.5 Å². The van der Waals surface area contributed by atoms with Crippen molar-refractivity contribution in [2.45, 2.75) is 10.9 Å². The van der Waals surface area contributed by atoms with Crippen LogP contribution in [0.1, 0.15) is 0 Å². The van der Waals surface area contributed by atoms with Crippen LogP contribution in [0.25, 0.3) is 0 Å². The number of aliphatic hydroxyl groups is 1. The van der Waals surface area contributed by atoms with Crippen LogP contribution in [0.15, 0.2) is 33.6 Å². The van der Waals surface area contributed by atoms with Crippen molar-refractivity contribution in [1.29, 1.82) is 0 Å². The SMILES string of the molecule is CN(C)CC(CO)NS(=O)(=O)c1ccc(Br)cc1. The van der Waals surface area contributed by atoms with Gasteiger partial charge in [0.05, 0.1) is 17.5 Å². The molecule has 1 rings (SSSR count). The minimum atomic E-state index is -3.59. The molecule has 1 aromatic carbocycles. The molecule has 0 saturated heterocycles. The van der Waals surface area contributed by atoms with E-state index < -0.39 is 16.1 Å². The standard InChI is InChI=1S/C11H17BrN2O3S/c1-14(2)7-10(8-15)13-18(16,17)11-5-3-9(12)4-6-11/h3-6,10,13,15H,7-8H2,1-2H3. The molecule has 0 saturated carbocycles. The van der Waals surface area contributed by atoms with Crippen LogP contribution < -0.4 is 4.72 Å². The van der Waals surface area contributed by atoms with Crippen molar-refractivity contribution in [3.05, 3.63) is 28.7 Å². The summed E-state index contributed by atoms with van der Waals surface area (Å²) in [7, 11) is 0.0406. The molecule has 0 spiro atoms. The second kappa shape index (κ2) is 6.63. The van der Waals surface area contributed by atoms with E-state index in [1.165, 1.54) is 12.1 Å². The van der Waals surface area contributed by atoms with E-state index in [-0.39, 0.29) is 11.5 Å². The van der Waals surface area contributed by atoms with Crippen molar-refractivity contribution in [2.24, 2.45) is 0 Å². The van der Waals surface area contributed by atoms with Gasteiger partial charge in [0.1, 0.15) is 0 Å². The van der Waals surface area contributed by atoms with Gasteiger partial charge in [-0.2, -0.15) is 0 Å². The molecule has 0 amide bonds. The molecule has 0 radical (unpaired) electrons. The van der Waals surface area contributed by atoms with Gasteiger partial charge in [-0.3, -0.25) is 0 Å². The first kappa shape index (κ1) is 15.6. The highest BCUT2D eigenvalue weighted by Gasteiger charge is 2.19. The Kier molecular flexibility index (Phi) is 5.74. The Morgan fingerprint density at radius 2 is 1.89 bits per heavy atom. The molecule has 0 aliphatic heterocycles. The Bertz CT molecular complexity index is 474. The maximum absolute atomic E-state index is 12.0. The minimum Gasteiger partial charge on any atom is -0.395 e. The molecule has 5 nitrogen and oxygen atoms in total. The van der Waals surface area contributed by atoms with Crippen LogP contribution in [0.3, 0.4) is 0 Å². The third kappa shape index (κ3) is 4.66. The highest BCUT2D eigenvalue weighted by molar-refractivity contribution is 9.10. The maximum atomic E-state index is 12.0. The zero-order valence-electron chi connectivity index (χ0n) is 10.3. The average molecular weight is 337 g/mol. The summed E-state index contributed by atoms with van der Waals surface area (Å²) >= 11 is 3.25. The topological polar surface area (TPSA) is 69.6 Å². The minimum absolute atomic E-state index is 0.183. The fraction of sp³-hybridized carbons (Fsp3) is 0.455. The Morgan fingerprint density at radius 3 is 2.33 bits per heavy atom. The average Bonchev–Trinajstić information content (AvgIpc) is 2.27. The van der Waals surface area contributed by atoms with Crippen LogP contribution in [0, 0.1) is 0 Å². The van der Waals surface area contributed by atoms with Crippen LogP contribution >= 0.6 is 15.9 Å². The molecular weight excluding hydrogens is 320 g/mol. The van der Waals surface area contributed by atoms with E-state index in [4.69, 9.17) is 5.11 Å². The second-order valence-corrected chi connectivity index (χ2v) is 6.85. The Morgan fingerprint density at radius 1 is 1.33 bits per heavy atom. The van der Waals surface area contributed by atoms with E-state index in [1.54, 1.807) is 12.1 Å². The number of halogens is 1. The van der Waals surface area contributed by atoms with E-state index >= 15 is 0 Å². The lowest BCUT2D eigenvalue weighted by Crippen LogP contribution is -2.43. The van der Waals surface area contributed by atoms with Crippen molar-refractivity contribution in [1.82, 2.24) is 9.62 Å². The molecule has 1 aromatic rings. The van der Waals surface area contributed by atoms with Gasteiger partial charge in [0, 0.05) is 11.0 Å². The third-order valence-corrected chi connectivity index (χ3v) is 4.32. The largest absolute Gasteiger partial charge is 0.395 e. The molecule has 0 fully saturated rings. The van der Waals surface area contributed by atoms with E-state index in [2.05, 4.69) is 20.7 Å². The van der Waals surface area contributed by atoms with Crippen molar-refractivity contribution in [3.8, 4) is 0 Å². The Hall–Kier alpha value is -0.470. The lowest BCUT2D eigenvalue weighted by atomic mass is 10.3. The van der Waals surface area contributed by atoms with Crippen LogP contribution in [0.5, 0.6) is 0 Å². The molecule has 1 unspecified atom stereocenters. The van der Waals surface area contributed by atoms with Gasteiger partial charge >= 0.3 is 0 Å². The molecule has 1 atom stereocenters. The Balaban J connectivity index is 2.83. The van der Waals surface area contributed by atoms with Gasteiger partial charge in [-0.05, 0) is 38.4 Å². The first-order valence-electron chi connectivity index (χ1n) is 5.38. The third-order valence-electron chi connectivity index (χ3n) is 2.25. The summed E-state index contributed by atoms with van der Waals surface area (Å²) in [5.41, 5.74) is 0. The van der Waals surface area contributed by atoms with Crippen molar-refractivity contribution in [3.63, 3.8) is 0 Å². The van der Waals surface area contributed by atoms with Gasteiger partial charge in [0.25, 0.3) is 0 Å². The highest BCUT2D eigenvalue weighted by Crippen LogP contribution is 2.14. The first-order chi connectivity index (χ1) is 8.35. The second-order valence-electron chi connectivity index (χ2n) is 4.22. The number of hydrogen-bond acceptors (Lipinski definition) is 4. The summed E-state index contributed by atoms with van der Waals surface area (Å²) in [5, 5.41) is 9.17. The zero-order chi connectivity index (χ0) is 13.8. The molecule has 0 aromatic heterocycles. The van der Waals surface area contributed by atoms with Crippen LogP contribution in [0.2, 0.25) is 0 Å². The summed E-state index contributed by atoms with van der Waals surface area (Å²) < 4.78 is 27.4. The fourth-order valence-corrected chi connectivity index (χ4v) is 2.96. The van der Waals surface area contributed by atoms with Gasteiger partial charge in [-0.1, -0.05) is 15.9 Å². The van der Waals surface area contributed by atoms with E-state index in [0.29, 0.717) is 6.54 Å². The molecule has 2 N–H and O–H groups in total. The van der Waals surface area contributed by atoms with E-state index in [9.17, 15) is 8.42 Å². The molecule has 102 valence electrons. The molecule has 0 aliphatic rings. The number of nitrogens with one attached hydrogen (secondary N) is 1. The van der Waals surface area contributed by atoms with Crippen molar-refractivity contribution >= 4 is 26.0 Å². The maximum Gasteiger partial charge on any atom is 0.240 e. The van der Waals surface area contributed by atoms with Gasteiger partial charge in [0.2, 0.25) is 10.0 Å². The van der Waals surface area contributed by atoms with Crippen LogP contribution in [0.4, 0.5) is 0 Å². The predicted molar refractivity (Wildman–Crippen MR) is 73.9 cm³/mol. The molecule has 0 aliphatic carbocycles. The number of sulfonamides is 1. The molecule has 18 heavy (non-hydrogen) atoms. The molecule has 0 heterocycles. The van der Waals surface area contributed by atoms with Crippen LogP contribution in [-0.2, 0) is 10.0 Å². The number of hydrogen-bond donors (Lipinski definition) is 2. The number of aliphatic hydroxyl groups excluding tert-OH is 1. The number of benzene rings is 1. The molecular formula is C11H17BrN2O3S. The normalized spacial score (nSPS) is 13.8. The monoisotopic (exact) mass is 336 g/mol. The smallest absolute Gasteiger partial charge is 0.240 e.